The van der Waals surface area contributed by atoms with E-state index in [9.17, 15) is 4.79 Å². The molecule has 112 valence electrons. The second kappa shape index (κ2) is 5.64. The summed E-state index contributed by atoms with van der Waals surface area (Å²) in [4.78, 5) is 14.7. The van der Waals surface area contributed by atoms with Gasteiger partial charge < -0.3 is 4.57 Å². The average Bonchev–Trinajstić information content (AvgIpc) is 2.97. The Kier molecular flexibility index (Phi) is 3.85. The number of rotatable bonds is 5. The van der Waals surface area contributed by atoms with Crippen LogP contribution in [0.25, 0.3) is 10.9 Å². The van der Waals surface area contributed by atoms with Crippen LogP contribution in [0.2, 0.25) is 0 Å². The number of carbonyl (C=O) groups is 1. The van der Waals surface area contributed by atoms with E-state index in [1.165, 1.54) is 16.6 Å². The van der Waals surface area contributed by atoms with Gasteiger partial charge in [-0.15, -0.1) is 0 Å². The molecule has 1 aliphatic rings. The van der Waals surface area contributed by atoms with E-state index in [4.69, 9.17) is 0 Å². The monoisotopic (exact) mass is 284 g/mol. The van der Waals surface area contributed by atoms with Crippen molar-refractivity contribution in [3.8, 4) is 0 Å². The van der Waals surface area contributed by atoms with Gasteiger partial charge in [-0.1, -0.05) is 13.8 Å². The lowest BCUT2D eigenvalue weighted by molar-refractivity contribution is 0.0983. The lowest BCUT2D eigenvalue weighted by atomic mass is 10.0. The highest BCUT2D eigenvalue weighted by molar-refractivity contribution is 6.08. The number of hydrogen-bond acceptors (Lipinski definition) is 2. The number of aryl methyl sites for hydroxylation is 1. The predicted molar refractivity (Wildman–Crippen MR) is 86.6 cm³/mol. The van der Waals surface area contributed by atoms with Crippen molar-refractivity contribution in [1.29, 1.82) is 0 Å². The van der Waals surface area contributed by atoms with Crippen LogP contribution in [0.5, 0.6) is 0 Å². The molecule has 21 heavy (non-hydrogen) atoms. The van der Waals surface area contributed by atoms with Crippen molar-refractivity contribution < 1.29 is 4.79 Å². The summed E-state index contributed by atoms with van der Waals surface area (Å²) in [6.45, 7) is 7.23. The van der Waals surface area contributed by atoms with Crippen LogP contribution >= 0.6 is 0 Å². The summed E-state index contributed by atoms with van der Waals surface area (Å²) in [6.07, 6.45) is 4.71. The van der Waals surface area contributed by atoms with Crippen LogP contribution in [0.3, 0.4) is 0 Å². The Morgan fingerprint density at radius 1 is 1.14 bits per heavy atom. The number of Topliss-reactive ketones (excluding diaryl/α,β-unsaturated/α-hetero) is 1. The van der Waals surface area contributed by atoms with Gasteiger partial charge in [-0.25, -0.2) is 0 Å². The summed E-state index contributed by atoms with van der Waals surface area (Å²) in [5, 5.41) is 1.15. The molecule has 3 nitrogen and oxygen atoms in total. The third kappa shape index (κ3) is 2.51. The fraction of sp³-hybridized carbons (Fsp3) is 0.500. The Balaban J connectivity index is 2.15. The molecule has 3 rings (SSSR count). The van der Waals surface area contributed by atoms with Gasteiger partial charge in [0.25, 0.3) is 0 Å². The lowest BCUT2D eigenvalue weighted by Crippen LogP contribution is -2.07. The molecule has 0 N–H and O–H groups in total. The van der Waals surface area contributed by atoms with Gasteiger partial charge in [-0.2, -0.15) is 0 Å². The molecule has 0 saturated carbocycles. The van der Waals surface area contributed by atoms with Crippen LogP contribution in [0.15, 0.2) is 18.3 Å². The maximum atomic E-state index is 12.4. The first kappa shape index (κ1) is 14.3. The molecule has 1 aliphatic heterocycles. The molecule has 1 aromatic heterocycles. The van der Waals surface area contributed by atoms with Gasteiger partial charge in [0.15, 0.2) is 5.78 Å². The third-order valence-electron chi connectivity index (χ3n) is 4.32. The Morgan fingerprint density at radius 3 is 2.52 bits per heavy atom. The van der Waals surface area contributed by atoms with E-state index in [2.05, 4.69) is 48.7 Å². The number of nitrogens with zero attached hydrogens (tertiary/aromatic N) is 2. The Hall–Kier alpha value is -1.61. The zero-order valence-electron chi connectivity index (χ0n) is 13.3. The summed E-state index contributed by atoms with van der Waals surface area (Å²) >= 11 is 0. The minimum absolute atomic E-state index is 0.281. The quantitative estimate of drug-likeness (QED) is 0.776. The van der Waals surface area contributed by atoms with Crippen LogP contribution in [0.1, 0.15) is 54.6 Å². The first-order valence-corrected chi connectivity index (χ1v) is 8.00. The molecule has 0 bridgehead atoms. The fourth-order valence-electron chi connectivity index (χ4n) is 3.37. The summed E-state index contributed by atoms with van der Waals surface area (Å²) in [5.74, 6) is 0.281. The number of aromatic nitrogens is 1. The number of fused-ring (bicyclic) bond motifs is 2. The van der Waals surface area contributed by atoms with Crippen molar-refractivity contribution in [1.82, 2.24) is 9.47 Å². The molecule has 0 amide bonds. The van der Waals surface area contributed by atoms with Gasteiger partial charge in [-0.05, 0) is 43.1 Å². The number of hydrogen-bond donors (Lipinski definition) is 0. The number of carbonyl (C=O) groups excluding carboxylic acids is 1. The Labute approximate surface area is 126 Å². The molecule has 2 aromatic rings. The first-order chi connectivity index (χ1) is 10.1. The average molecular weight is 284 g/mol. The standard InChI is InChI=1S/C18H24N2O/c1-4-6-18(21)16-12-20(7-5-2)17-9-14-11-19(3)10-13(14)8-15(16)17/h8-9,12H,4-7,10-11H2,1-3H3. The summed E-state index contributed by atoms with van der Waals surface area (Å²) in [7, 11) is 2.15. The van der Waals surface area contributed by atoms with E-state index >= 15 is 0 Å². The Morgan fingerprint density at radius 2 is 1.86 bits per heavy atom. The predicted octanol–water partition coefficient (Wildman–Crippen LogP) is 3.98. The Bertz CT molecular complexity index is 684. The van der Waals surface area contributed by atoms with Gasteiger partial charge >= 0.3 is 0 Å². The zero-order chi connectivity index (χ0) is 15.0. The van der Waals surface area contributed by atoms with Crippen molar-refractivity contribution in [3.63, 3.8) is 0 Å². The molecular weight excluding hydrogens is 260 g/mol. The highest BCUT2D eigenvalue weighted by Gasteiger charge is 2.21. The van der Waals surface area contributed by atoms with E-state index in [1.54, 1.807) is 0 Å². The van der Waals surface area contributed by atoms with Gasteiger partial charge in [0, 0.05) is 48.7 Å². The van der Waals surface area contributed by atoms with Gasteiger partial charge in [0.2, 0.25) is 0 Å². The second-order valence-corrected chi connectivity index (χ2v) is 6.22. The number of ketones is 1. The smallest absolute Gasteiger partial charge is 0.165 e. The van der Waals surface area contributed by atoms with Gasteiger partial charge in [0.05, 0.1) is 0 Å². The maximum Gasteiger partial charge on any atom is 0.165 e. The highest BCUT2D eigenvalue weighted by atomic mass is 16.1. The lowest BCUT2D eigenvalue weighted by Gasteiger charge is -2.05. The number of benzene rings is 1. The summed E-state index contributed by atoms with van der Waals surface area (Å²) in [5.41, 5.74) is 4.93. The van der Waals surface area contributed by atoms with E-state index in [0.717, 1.165) is 43.4 Å². The van der Waals surface area contributed by atoms with Gasteiger partial charge in [0.1, 0.15) is 0 Å². The molecule has 0 radical (unpaired) electrons. The van der Waals surface area contributed by atoms with E-state index in [-0.39, 0.29) is 5.78 Å². The van der Waals surface area contributed by atoms with Crippen molar-refractivity contribution in [2.75, 3.05) is 7.05 Å². The molecule has 0 aliphatic carbocycles. The van der Waals surface area contributed by atoms with Gasteiger partial charge in [-0.3, -0.25) is 9.69 Å². The SMILES string of the molecule is CCCC(=O)c1cn(CCC)c2cc3c(cc12)CN(C)C3. The van der Waals surface area contributed by atoms with Crippen LogP contribution < -0.4 is 0 Å². The van der Waals surface area contributed by atoms with Crippen molar-refractivity contribution >= 4 is 16.7 Å². The summed E-state index contributed by atoms with van der Waals surface area (Å²) < 4.78 is 2.26. The second-order valence-electron chi connectivity index (χ2n) is 6.22. The normalized spacial score (nSPS) is 14.8. The molecular formula is C18H24N2O. The molecule has 0 fully saturated rings. The van der Waals surface area contributed by atoms with Crippen LogP contribution in [0.4, 0.5) is 0 Å². The van der Waals surface area contributed by atoms with Crippen molar-refractivity contribution in [2.45, 2.75) is 52.7 Å². The third-order valence-corrected chi connectivity index (χ3v) is 4.32. The molecule has 1 aromatic carbocycles. The zero-order valence-corrected chi connectivity index (χ0v) is 13.3. The summed E-state index contributed by atoms with van der Waals surface area (Å²) in [6, 6.07) is 4.55. The van der Waals surface area contributed by atoms with Crippen LogP contribution in [-0.4, -0.2) is 22.3 Å². The minimum Gasteiger partial charge on any atom is -0.347 e. The minimum atomic E-state index is 0.281. The van der Waals surface area contributed by atoms with E-state index in [0.29, 0.717) is 6.42 Å². The molecule has 0 saturated heterocycles. The molecule has 0 atom stereocenters. The maximum absolute atomic E-state index is 12.4. The van der Waals surface area contributed by atoms with E-state index in [1.807, 2.05) is 0 Å². The molecule has 3 heteroatoms. The van der Waals surface area contributed by atoms with E-state index < -0.39 is 0 Å². The fourth-order valence-corrected chi connectivity index (χ4v) is 3.37. The molecule has 0 unspecified atom stereocenters. The first-order valence-electron chi connectivity index (χ1n) is 8.00. The van der Waals surface area contributed by atoms with Crippen LogP contribution in [-0.2, 0) is 19.6 Å². The van der Waals surface area contributed by atoms with Crippen molar-refractivity contribution in [2.24, 2.45) is 0 Å². The largest absolute Gasteiger partial charge is 0.347 e. The van der Waals surface area contributed by atoms with Crippen molar-refractivity contribution in [3.05, 3.63) is 35.0 Å². The topological polar surface area (TPSA) is 25.2 Å². The highest BCUT2D eigenvalue weighted by Crippen LogP contribution is 2.31. The van der Waals surface area contributed by atoms with Crippen LogP contribution in [0, 0.1) is 0 Å². The molecule has 0 spiro atoms. The molecule has 2 heterocycles.